The maximum atomic E-state index is 11.2. The predicted molar refractivity (Wildman–Crippen MR) is 57.8 cm³/mol. The van der Waals surface area contributed by atoms with Crippen LogP contribution in [-0.2, 0) is 9.53 Å². The van der Waals surface area contributed by atoms with Gasteiger partial charge in [0.1, 0.15) is 0 Å². The first-order valence-electron chi connectivity index (χ1n) is 5.48. The number of carboxylic acid groups (broad SMARTS) is 1. The zero-order valence-corrected chi connectivity index (χ0v) is 9.75. The molecule has 1 unspecified atom stereocenters. The van der Waals surface area contributed by atoms with Gasteiger partial charge in [-0.25, -0.2) is 0 Å². The van der Waals surface area contributed by atoms with Gasteiger partial charge in [0.25, 0.3) is 0 Å². The highest BCUT2D eigenvalue weighted by molar-refractivity contribution is 5.74. The number of rotatable bonds is 4. The van der Waals surface area contributed by atoms with E-state index in [4.69, 9.17) is 4.74 Å². The van der Waals surface area contributed by atoms with Crippen LogP contribution in [0.25, 0.3) is 0 Å². The van der Waals surface area contributed by atoms with Crippen LogP contribution in [0.15, 0.2) is 0 Å². The molecule has 0 spiro atoms. The van der Waals surface area contributed by atoms with Gasteiger partial charge < -0.3 is 15.2 Å². The van der Waals surface area contributed by atoms with Crippen LogP contribution in [0.1, 0.15) is 26.7 Å². The van der Waals surface area contributed by atoms with E-state index in [9.17, 15) is 9.90 Å². The molecular formula is C11H21NO3. The Morgan fingerprint density at radius 2 is 2.00 bits per heavy atom. The van der Waals surface area contributed by atoms with E-state index in [1.54, 1.807) is 13.8 Å². The van der Waals surface area contributed by atoms with Gasteiger partial charge in [-0.15, -0.1) is 0 Å². The second kappa shape index (κ2) is 4.94. The number of hydrogen-bond acceptors (Lipinski definition) is 3. The third-order valence-corrected chi connectivity index (χ3v) is 3.38. The fourth-order valence-corrected chi connectivity index (χ4v) is 2.37. The van der Waals surface area contributed by atoms with Gasteiger partial charge in [-0.3, -0.25) is 4.79 Å². The van der Waals surface area contributed by atoms with Crippen molar-refractivity contribution in [2.45, 2.75) is 32.7 Å². The Bertz CT molecular complexity index is 222. The van der Waals surface area contributed by atoms with Crippen LogP contribution in [0.2, 0.25) is 0 Å². The lowest BCUT2D eigenvalue weighted by Gasteiger charge is -2.38. The second-order valence-electron chi connectivity index (χ2n) is 4.74. The molecule has 2 N–H and O–H groups in total. The second-order valence-corrected chi connectivity index (χ2v) is 4.74. The Labute approximate surface area is 91.0 Å². The van der Waals surface area contributed by atoms with E-state index >= 15 is 0 Å². The summed E-state index contributed by atoms with van der Waals surface area (Å²) in [6.07, 6.45) is 1.89. The zero-order valence-electron chi connectivity index (χ0n) is 9.75. The quantitative estimate of drug-likeness (QED) is 0.737. The molecule has 4 nitrogen and oxygen atoms in total. The van der Waals surface area contributed by atoms with Crippen LogP contribution in [0.5, 0.6) is 0 Å². The summed E-state index contributed by atoms with van der Waals surface area (Å²) in [7, 11) is 1.84. The van der Waals surface area contributed by atoms with E-state index in [0.29, 0.717) is 5.92 Å². The molecule has 0 aliphatic carbocycles. The molecule has 0 aromatic rings. The van der Waals surface area contributed by atoms with Crippen LogP contribution in [0, 0.1) is 11.3 Å². The lowest BCUT2D eigenvalue weighted by molar-refractivity contribution is -0.150. The van der Waals surface area contributed by atoms with Crippen LogP contribution in [0.4, 0.5) is 0 Å². The molecule has 0 saturated carbocycles. The highest BCUT2D eigenvalue weighted by Gasteiger charge is 2.40. The first-order valence-corrected chi connectivity index (χ1v) is 5.48. The molecule has 1 saturated heterocycles. The third-order valence-electron chi connectivity index (χ3n) is 3.38. The number of ether oxygens (including phenoxy) is 1. The number of carboxylic acids is 1. The molecule has 0 aromatic carbocycles. The van der Waals surface area contributed by atoms with Gasteiger partial charge in [-0.1, -0.05) is 0 Å². The molecule has 0 aromatic heterocycles. The summed E-state index contributed by atoms with van der Waals surface area (Å²) < 4.78 is 5.29. The van der Waals surface area contributed by atoms with E-state index in [2.05, 4.69) is 5.32 Å². The minimum absolute atomic E-state index is 0.0129. The fraction of sp³-hybridized carbons (Fsp3) is 0.909. The summed E-state index contributed by atoms with van der Waals surface area (Å²) in [6, 6.07) is 0.0129. The Morgan fingerprint density at radius 3 is 2.40 bits per heavy atom. The largest absolute Gasteiger partial charge is 0.481 e. The highest BCUT2D eigenvalue weighted by Crippen LogP contribution is 2.31. The average Bonchev–Trinajstić information content (AvgIpc) is 2.19. The molecule has 0 bridgehead atoms. The lowest BCUT2D eigenvalue weighted by atomic mass is 9.74. The van der Waals surface area contributed by atoms with Gasteiger partial charge in [0.05, 0.1) is 5.41 Å². The monoisotopic (exact) mass is 215 g/mol. The van der Waals surface area contributed by atoms with Crippen molar-refractivity contribution >= 4 is 5.97 Å². The van der Waals surface area contributed by atoms with Crippen molar-refractivity contribution in [3.05, 3.63) is 0 Å². The topological polar surface area (TPSA) is 58.6 Å². The summed E-state index contributed by atoms with van der Waals surface area (Å²) in [4.78, 5) is 11.2. The van der Waals surface area contributed by atoms with Crippen LogP contribution >= 0.6 is 0 Å². The van der Waals surface area contributed by atoms with Crippen molar-refractivity contribution in [1.82, 2.24) is 5.32 Å². The van der Waals surface area contributed by atoms with E-state index in [-0.39, 0.29) is 6.04 Å². The van der Waals surface area contributed by atoms with Gasteiger partial charge in [-0.05, 0) is 39.7 Å². The van der Waals surface area contributed by atoms with E-state index in [1.165, 1.54) is 0 Å². The maximum absolute atomic E-state index is 11.2. The van der Waals surface area contributed by atoms with Crippen molar-refractivity contribution in [2.24, 2.45) is 11.3 Å². The SMILES string of the molecule is CNC(C1CCOCC1)C(C)(C)C(=O)O. The predicted octanol–water partition coefficient (Wildman–Crippen LogP) is 1.11. The smallest absolute Gasteiger partial charge is 0.310 e. The summed E-state index contributed by atoms with van der Waals surface area (Å²) in [6.45, 7) is 5.06. The molecule has 1 fully saturated rings. The summed E-state index contributed by atoms with van der Waals surface area (Å²) in [5.41, 5.74) is -0.725. The molecule has 1 atom stereocenters. The molecule has 1 heterocycles. The van der Waals surface area contributed by atoms with Gasteiger partial charge in [0.2, 0.25) is 0 Å². The van der Waals surface area contributed by atoms with E-state index in [0.717, 1.165) is 26.1 Å². The fourth-order valence-electron chi connectivity index (χ4n) is 2.37. The van der Waals surface area contributed by atoms with Gasteiger partial charge in [0.15, 0.2) is 0 Å². The molecule has 0 amide bonds. The molecule has 1 aliphatic heterocycles. The molecular weight excluding hydrogens is 194 g/mol. The Hall–Kier alpha value is -0.610. The number of hydrogen-bond donors (Lipinski definition) is 2. The molecule has 0 radical (unpaired) electrons. The first-order chi connectivity index (χ1) is 7.00. The normalized spacial score (nSPS) is 21.3. The molecule has 88 valence electrons. The van der Waals surface area contributed by atoms with E-state index < -0.39 is 11.4 Å². The maximum Gasteiger partial charge on any atom is 0.310 e. The van der Waals surface area contributed by atoms with Crippen molar-refractivity contribution < 1.29 is 14.6 Å². The minimum atomic E-state index is -0.742. The van der Waals surface area contributed by atoms with Crippen molar-refractivity contribution in [2.75, 3.05) is 20.3 Å². The number of carbonyl (C=O) groups is 1. The standard InChI is InChI=1S/C11H21NO3/c1-11(2,10(13)14)9(12-3)8-4-6-15-7-5-8/h8-9,12H,4-7H2,1-3H3,(H,13,14). The van der Waals surface area contributed by atoms with Crippen molar-refractivity contribution in [1.29, 1.82) is 0 Å². The molecule has 1 aliphatic rings. The van der Waals surface area contributed by atoms with Crippen molar-refractivity contribution in [3.8, 4) is 0 Å². The van der Waals surface area contributed by atoms with Crippen LogP contribution in [0.3, 0.4) is 0 Å². The zero-order chi connectivity index (χ0) is 11.5. The average molecular weight is 215 g/mol. The lowest BCUT2D eigenvalue weighted by Crippen LogP contribution is -2.51. The molecule has 4 heteroatoms. The van der Waals surface area contributed by atoms with Crippen molar-refractivity contribution in [3.63, 3.8) is 0 Å². The minimum Gasteiger partial charge on any atom is -0.481 e. The van der Waals surface area contributed by atoms with Gasteiger partial charge in [-0.2, -0.15) is 0 Å². The first kappa shape index (κ1) is 12.5. The number of nitrogens with one attached hydrogen (secondary N) is 1. The van der Waals surface area contributed by atoms with Crippen LogP contribution < -0.4 is 5.32 Å². The van der Waals surface area contributed by atoms with Gasteiger partial charge >= 0.3 is 5.97 Å². The van der Waals surface area contributed by atoms with Crippen LogP contribution in [-0.4, -0.2) is 37.4 Å². The highest BCUT2D eigenvalue weighted by atomic mass is 16.5. The number of aliphatic carboxylic acids is 1. The Balaban J connectivity index is 2.72. The summed E-state index contributed by atoms with van der Waals surface area (Å²) in [5.74, 6) is -0.344. The summed E-state index contributed by atoms with van der Waals surface area (Å²) >= 11 is 0. The third kappa shape index (κ3) is 2.69. The molecule has 1 rings (SSSR count). The summed E-state index contributed by atoms with van der Waals surface area (Å²) in [5, 5.41) is 12.4. The molecule has 15 heavy (non-hydrogen) atoms. The van der Waals surface area contributed by atoms with Gasteiger partial charge in [0, 0.05) is 19.3 Å². The van der Waals surface area contributed by atoms with E-state index in [1.807, 2.05) is 7.05 Å². The Morgan fingerprint density at radius 1 is 1.47 bits per heavy atom. The Kier molecular flexibility index (Phi) is 4.11.